The van der Waals surface area contributed by atoms with Crippen LogP contribution in [0, 0.1) is 0 Å². The maximum Gasteiger partial charge on any atom is 0.335 e. The molecule has 1 spiro atoms. The number of carbonyl (C=O) groups excluding carboxylic acids is 2. The van der Waals surface area contributed by atoms with Crippen LogP contribution in [0.4, 0.5) is 0 Å². The standard InChI is InChI=1S/C34H45N3O6.ClH/c1-2-3-20-37-30(38)29(23-33(42)16-6-4-5-7-17-33)35-32(41)34(37)18-21-36(22-19-34)24-25-8-12-27(13-9-25)43-28-14-10-26(11-15-28)31(39)40;/h8-15,29,42H,2-7,16-24H2,1H3,(H,35,41)(H,39,40);1H/t29-;/m1./s1. The van der Waals surface area contributed by atoms with Gasteiger partial charge in [-0.3, -0.25) is 14.5 Å². The Labute approximate surface area is 266 Å². The van der Waals surface area contributed by atoms with E-state index in [4.69, 9.17) is 9.84 Å². The van der Waals surface area contributed by atoms with Gasteiger partial charge in [0, 0.05) is 32.6 Å². The average Bonchev–Trinajstić information content (AvgIpc) is 3.22. The molecule has 2 saturated heterocycles. The molecule has 5 rings (SSSR count). The van der Waals surface area contributed by atoms with Crippen molar-refractivity contribution in [1.82, 2.24) is 15.1 Å². The number of carboxylic acids is 1. The molecule has 9 nitrogen and oxygen atoms in total. The Morgan fingerprint density at radius 2 is 1.52 bits per heavy atom. The third-order valence-corrected chi connectivity index (χ3v) is 9.51. The van der Waals surface area contributed by atoms with Crippen LogP contribution in [-0.4, -0.2) is 74.6 Å². The lowest BCUT2D eigenvalue weighted by molar-refractivity contribution is -0.163. The number of hydrogen-bond acceptors (Lipinski definition) is 6. The Morgan fingerprint density at radius 1 is 0.932 bits per heavy atom. The van der Waals surface area contributed by atoms with Gasteiger partial charge in [0.05, 0.1) is 11.2 Å². The minimum absolute atomic E-state index is 0. The third-order valence-electron chi connectivity index (χ3n) is 9.51. The lowest BCUT2D eigenvalue weighted by atomic mass is 9.79. The Morgan fingerprint density at radius 3 is 2.09 bits per heavy atom. The molecule has 1 aliphatic carbocycles. The van der Waals surface area contributed by atoms with E-state index in [2.05, 4.69) is 17.1 Å². The molecule has 3 N–H and O–H groups in total. The maximum atomic E-state index is 13.9. The monoisotopic (exact) mass is 627 g/mol. The van der Waals surface area contributed by atoms with Crippen molar-refractivity contribution in [2.75, 3.05) is 19.6 Å². The van der Waals surface area contributed by atoms with E-state index in [-0.39, 0.29) is 29.8 Å². The number of piperidine rings is 1. The number of nitrogens with one attached hydrogen (secondary N) is 1. The first-order chi connectivity index (χ1) is 20.7. The Balaban J connectivity index is 0.00000442. The number of hydrogen-bond donors (Lipinski definition) is 3. The number of aromatic carboxylic acids is 1. The predicted molar refractivity (Wildman–Crippen MR) is 170 cm³/mol. The zero-order valence-corrected chi connectivity index (χ0v) is 26.4. The molecule has 3 aliphatic rings. The molecule has 10 heteroatoms. The van der Waals surface area contributed by atoms with Gasteiger partial charge in [-0.15, -0.1) is 12.4 Å². The molecule has 1 atom stereocenters. The van der Waals surface area contributed by atoms with E-state index >= 15 is 0 Å². The number of nitrogens with zero attached hydrogens (tertiary/aromatic N) is 2. The minimum atomic E-state index is -0.974. The normalized spacial score (nSPS) is 21.7. The number of benzene rings is 2. The molecular formula is C34H46ClN3O6. The van der Waals surface area contributed by atoms with E-state index in [1.54, 1.807) is 12.1 Å². The van der Waals surface area contributed by atoms with Crippen molar-refractivity contribution in [1.29, 1.82) is 0 Å². The Hall–Kier alpha value is -3.14. The van der Waals surface area contributed by atoms with Gasteiger partial charge in [0.15, 0.2) is 0 Å². The second kappa shape index (κ2) is 14.8. The third kappa shape index (κ3) is 7.73. The highest BCUT2D eigenvalue weighted by Crippen LogP contribution is 2.37. The molecule has 240 valence electrons. The number of unbranched alkanes of at least 4 members (excludes halogenated alkanes) is 1. The number of rotatable bonds is 10. The van der Waals surface area contributed by atoms with Gasteiger partial charge in [-0.2, -0.15) is 0 Å². The van der Waals surface area contributed by atoms with Crippen molar-refractivity contribution < 1.29 is 29.3 Å². The summed E-state index contributed by atoms with van der Waals surface area (Å²) in [6, 6.07) is 13.5. The number of carboxylic acid groups (broad SMARTS) is 1. The van der Waals surface area contributed by atoms with Crippen LogP contribution in [0.15, 0.2) is 48.5 Å². The van der Waals surface area contributed by atoms with Crippen molar-refractivity contribution in [2.45, 2.75) is 101 Å². The summed E-state index contributed by atoms with van der Waals surface area (Å²) >= 11 is 0. The van der Waals surface area contributed by atoms with Gasteiger partial charge in [0.1, 0.15) is 23.1 Å². The molecule has 1 saturated carbocycles. The van der Waals surface area contributed by atoms with E-state index in [0.717, 1.165) is 50.6 Å². The maximum absolute atomic E-state index is 13.9. The second-order valence-electron chi connectivity index (χ2n) is 12.6. The Bertz CT molecular complexity index is 1270. The molecule has 2 aromatic rings. The van der Waals surface area contributed by atoms with Crippen molar-refractivity contribution >= 4 is 30.2 Å². The lowest BCUT2D eigenvalue weighted by Gasteiger charge is -2.52. The van der Waals surface area contributed by atoms with E-state index in [1.807, 2.05) is 29.2 Å². The van der Waals surface area contributed by atoms with Crippen LogP contribution < -0.4 is 10.1 Å². The highest BCUT2D eigenvalue weighted by atomic mass is 35.5. The highest BCUT2D eigenvalue weighted by molar-refractivity contribution is 6.00. The van der Waals surface area contributed by atoms with Crippen molar-refractivity contribution in [3.05, 3.63) is 59.7 Å². The zero-order chi connectivity index (χ0) is 30.5. The molecule has 2 amide bonds. The summed E-state index contributed by atoms with van der Waals surface area (Å²) in [5, 5.41) is 23.4. The van der Waals surface area contributed by atoms with Gasteiger partial charge >= 0.3 is 5.97 Å². The largest absolute Gasteiger partial charge is 0.478 e. The van der Waals surface area contributed by atoms with Crippen LogP contribution >= 0.6 is 12.4 Å². The van der Waals surface area contributed by atoms with Crippen LogP contribution in [0.1, 0.15) is 93.5 Å². The average molecular weight is 628 g/mol. The topological polar surface area (TPSA) is 119 Å². The lowest BCUT2D eigenvalue weighted by Crippen LogP contribution is -2.73. The summed E-state index contributed by atoms with van der Waals surface area (Å²) < 4.78 is 5.86. The number of aliphatic hydroxyl groups is 1. The van der Waals surface area contributed by atoms with E-state index in [9.17, 15) is 19.5 Å². The van der Waals surface area contributed by atoms with Crippen LogP contribution in [0.5, 0.6) is 11.5 Å². The fourth-order valence-corrected chi connectivity index (χ4v) is 6.93. The van der Waals surface area contributed by atoms with Crippen molar-refractivity contribution in [3.8, 4) is 11.5 Å². The minimum Gasteiger partial charge on any atom is -0.478 e. The SMILES string of the molecule is CCCCN1C(=O)[C@@H](CC2(O)CCCCCC2)NC(=O)C12CCN(Cc1ccc(Oc3ccc(C(=O)O)cc3)cc1)CC2.Cl. The molecule has 2 aliphatic heterocycles. The molecule has 44 heavy (non-hydrogen) atoms. The fraction of sp³-hybridized carbons (Fsp3) is 0.559. The number of ether oxygens (including phenoxy) is 1. The molecule has 0 radical (unpaired) electrons. The first-order valence-corrected chi connectivity index (χ1v) is 15.9. The van der Waals surface area contributed by atoms with Crippen LogP contribution in [-0.2, 0) is 16.1 Å². The molecule has 2 aromatic carbocycles. The van der Waals surface area contributed by atoms with Crippen LogP contribution in [0.25, 0.3) is 0 Å². The van der Waals surface area contributed by atoms with Crippen LogP contribution in [0.3, 0.4) is 0 Å². The molecule has 0 bridgehead atoms. The summed E-state index contributed by atoms with van der Waals surface area (Å²) in [6.07, 6.45) is 8.77. The summed E-state index contributed by atoms with van der Waals surface area (Å²) in [5.41, 5.74) is -0.393. The quantitative estimate of drug-likeness (QED) is 0.296. The molecule has 0 aromatic heterocycles. The van der Waals surface area contributed by atoms with Gasteiger partial charge in [-0.1, -0.05) is 51.2 Å². The highest BCUT2D eigenvalue weighted by Gasteiger charge is 2.54. The molecule has 0 unspecified atom stereocenters. The van der Waals surface area contributed by atoms with Crippen LogP contribution in [0.2, 0.25) is 0 Å². The number of halogens is 1. The number of amides is 2. The zero-order valence-electron chi connectivity index (χ0n) is 25.6. The fourth-order valence-electron chi connectivity index (χ4n) is 6.93. The van der Waals surface area contributed by atoms with E-state index in [1.165, 1.54) is 12.1 Å². The molecule has 2 heterocycles. The number of carbonyl (C=O) groups is 3. The van der Waals surface area contributed by atoms with Gasteiger partial charge in [0.25, 0.3) is 0 Å². The number of piperazine rings is 1. The van der Waals surface area contributed by atoms with E-state index in [0.29, 0.717) is 63.2 Å². The van der Waals surface area contributed by atoms with Gasteiger partial charge in [0.2, 0.25) is 11.8 Å². The summed E-state index contributed by atoms with van der Waals surface area (Å²) in [4.78, 5) is 42.9. The van der Waals surface area contributed by atoms with Crippen molar-refractivity contribution in [2.24, 2.45) is 0 Å². The van der Waals surface area contributed by atoms with Crippen molar-refractivity contribution in [3.63, 3.8) is 0 Å². The first-order valence-electron chi connectivity index (χ1n) is 15.9. The molecule has 3 fully saturated rings. The van der Waals surface area contributed by atoms with Gasteiger partial charge < -0.3 is 25.2 Å². The summed E-state index contributed by atoms with van der Waals surface area (Å²) in [5.74, 6) is 0.155. The summed E-state index contributed by atoms with van der Waals surface area (Å²) in [6.45, 7) is 4.79. The second-order valence-corrected chi connectivity index (χ2v) is 12.6. The number of likely N-dealkylation sites (tertiary alicyclic amines) is 1. The van der Waals surface area contributed by atoms with Gasteiger partial charge in [-0.05, 0) is 74.1 Å². The van der Waals surface area contributed by atoms with Gasteiger partial charge in [-0.25, -0.2) is 4.79 Å². The molecular weight excluding hydrogens is 582 g/mol. The summed E-state index contributed by atoms with van der Waals surface area (Å²) in [7, 11) is 0. The smallest absolute Gasteiger partial charge is 0.335 e. The Kier molecular flexibility index (Phi) is 11.3. The predicted octanol–water partition coefficient (Wildman–Crippen LogP) is 5.54. The van der Waals surface area contributed by atoms with E-state index < -0.39 is 23.2 Å². The first kappa shape index (κ1) is 33.7.